The second-order valence-electron chi connectivity index (χ2n) is 6.35. The number of hydrogen-bond donors (Lipinski definition) is 0. The van der Waals surface area contributed by atoms with Crippen LogP contribution in [0.15, 0.2) is 72.9 Å². The summed E-state index contributed by atoms with van der Waals surface area (Å²) in [7, 11) is 3.14. The second-order valence-corrected chi connectivity index (χ2v) is 6.35. The molecule has 1 amide bonds. The fourth-order valence-electron chi connectivity index (χ4n) is 2.99. The van der Waals surface area contributed by atoms with Gasteiger partial charge in [-0.3, -0.25) is 9.78 Å². The Labute approximate surface area is 165 Å². The predicted molar refractivity (Wildman–Crippen MR) is 109 cm³/mol. The van der Waals surface area contributed by atoms with Crippen molar-refractivity contribution in [1.82, 2.24) is 9.88 Å². The molecule has 144 valence electrons. The van der Waals surface area contributed by atoms with Crippen LogP contribution in [0, 0.1) is 0 Å². The normalized spacial score (nSPS) is 10.4. The van der Waals surface area contributed by atoms with E-state index in [1.807, 2.05) is 36.4 Å². The van der Waals surface area contributed by atoms with Crippen molar-refractivity contribution in [2.24, 2.45) is 0 Å². The number of carbonyl (C=O) groups is 1. The van der Waals surface area contributed by atoms with E-state index in [0.717, 1.165) is 12.1 Å². The van der Waals surface area contributed by atoms with Gasteiger partial charge in [-0.1, -0.05) is 36.4 Å². The average Bonchev–Trinajstić information content (AvgIpc) is 2.77. The van der Waals surface area contributed by atoms with Crippen LogP contribution >= 0.6 is 0 Å². The Bertz CT molecular complexity index is 898. The fourth-order valence-corrected chi connectivity index (χ4v) is 2.99. The summed E-state index contributed by atoms with van der Waals surface area (Å²) in [5.41, 5.74) is 2.53. The molecule has 0 fully saturated rings. The quantitative estimate of drug-likeness (QED) is 0.597. The lowest BCUT2D eigenvalue weighted by atomic mass is 10.1. The summed E-state index contributed by atoms with van der Waals surface area (Å²) in [4.78, 5) is 19.5. The number of aromatic nitrogens is 1. The molecule has 0 atom stereocenters. The van der Waals surface area contributed by atoms with Crippen molar-refractivity contribution in [2.75, 3.05) is 20.8 Å². The van der Waals surface area contributed by atoms with Gasteiger partial charge in [0.25, 0.3) is 5.91 Å². The van der Waals surface area contributed by atoms with Crippen LogP contribution in [0.5, 0.6) is 11.5 Å². The first-order chi connectivity index (χ1) is 13.7. The van der Waals surface area contributed by atoms with Crippen LogP contribution in [-0.2, 0) is 13.0 Å². The van der Waals surface area contributed by atoms with Crippen LogP contribution in [0.4, 0.5) is 0 Å². The first-order valence-electron chi connectivity index (χ1n) is 9.16. The molecule has 0 saturated carbocycles. The first kappa shape index (κ1) is 19.4. The molecule has 0 N–H and O–H groups in total. The Morgan fingerprint density at radius 1 is 0.964 bits per heavy atom. The lowest BCUT2D eigenvalue weighted by molar-refractivity contribution is 0.0739. The van der Waals surface area contributed by atoms with E-state index < -0.39 is 0 Å². The molecule has 0 aliphatic carbocycles. The van der Waals surface area contributed by atoms with Crippen LogP contribution in [0.1, 0.15) is 21.6 Å². The molecule has 5 heteroatoms. The van der Waals surface area contributed by atoms with E-state index in [2.05, 4.69) is 17.1 Å². The van der Waals surface area contributed by atoms with E-state index in [9.17, 15) is 4.79 Å². The maximum atomic E-state index is 13.3. The molecule has 0 radical (unpaired) electrons. The molecule has 0 saturated heterocycles. The Kier molecular flexibility index (Phi) is 6.63. The highest BCUT2D eigenvalue weighted by Crippen LogP contribution is 2.26. The third-order valence-corrected chi connectivity index (χ3v) is 4.52. The van der Waals surface area contributed by atoms with Gasteiger partial charge in [-0.05, 0) is 36.2 Å². The summed E-state index contributed by atoms with van der Waals surface area (Å²) in [5.74, 6) is 1.05. The van der Waals surface area contributed by atoms with Gasteiger partial charge in [0.05, 0.1) is 32.0 Å². The summed E-state index contributed by atoms with van der Waals surface area (Å²) in [6.07, 6.45) is 2.50. The minimum atomic E-state index is -0.0962. The van der Waals surface area contributed by atoms with Crippen molar-refractivity contribution in [3.05, 3.63) is 89.7 Å². The third-order valence-electron chi connectivity index (χ3n) is 4.52. The number of nitrogens with zero attached hydrogens (tertiary/aromatic N) is 2. The molecule has 0 bridgehead atoms. The molecular weight excluding hydrogens is 352 g/mol. The molecule has 28 heavy (non-hydrogen) atoms. The summed E-state index contributed by atoms with van der Waals surface area (Å²) < 4.78 is 10.7. The van der Waals surface area contributed by atoms with E-state index in [0.29, 0.717) is 30.2 Å². The van der Waals surface area contributed by atoms with Crippen LogP contribution in [-0.4, -0.2) is 36.6 Å². The zero-order valence-corrected chi connectivity index (χ0v) is 16.2. The molecule has 2 aromatic carbocycles. The molecule has 1 heterocycles. The largest absolute Gasteiger partial charge is 0.497 e. The number of ether oxygens (including phenoxy) is 2. The Morgan fingerprint density at radius 2 is 1.75 bits per heavy atom. The first-order valence-corrected chi connectivity index (χ1v) is 9.16. The van der Waals surface area contributed by atoms with Gasteiger partial charge in [-0.15, -0.1) is 0 Å². The van der Waals surface area contributed by atoms with Crippen molar-refractivity contribution < 1.29 is 14.3 Å². The fraction of sp³-hybridized carbons (Fsp3) is 0.217. The molecular formula is C23H24N2O3. The van der Waals surface area contributed by atoms with Crippen molar-refractivity contribution in [3.63, 3.8) is 0 Å². The number of benzene rings is 2. The summed E-state index contributed by atoms with van der Waals surface area (Å²) >= 11 is 0. The standard InChI is InChI=1S/C23H24N2O3/c1-27-20-11-12-21(22(16-20)28-2)23(26)25(17-19-10-6-7-14-24-19)15-13-18-8-4-3-5-9-18/h3-12,14,16H,13,15,17H2,1-2H3. The lowest BCUT2D eigenvalue weighted by Crippen LogP contribution is -2.33. The molecule has 0 spiro atoms. The highest BCUT2D eigenvalue weighted by molar-refractivity contribution is 5.97. The van der Waals surface area contributed by atoms with Crippen LogP contribution in [0.3, 0.4) is 0 Å². The predicted octanol–water partition coefficient (Wildman–Crippen LogP) is 3.98. The summed E-state index contributed by atoms with van der Waals surface area (Å²) in [6.45, 7) is 1.01. The van der Waals surface area contributed by atoms with Crippen LogP contribution in [0.2, 0.25) is 0 Å². The van der Waals surface area contributed by atoms with Crippen LogP contribution in [0.25, 0.3) is 0 Å². The molecule has 3 aromatic rings. The van der Waals surface area contributed by atoms with E-state index in [4.69, 9.17) is 9.47 Å². The van der Waals surface area contributed by atoms with E-state index in [1.54, 1.807) is 43.5 Å². The number of amides is 1. The zero-order valence-electron chi connectivity index (χ0n) is 16.2. The average molecular weight is 376 g/mol. The minimum Gasteiger partial charge on any atom is -0.497 e. The lowest BCUT2D eigenvalue weighted by Gasteiger charge is -2.23. The maximum absolute atomic E-state index is 13.3. The smallest absolute Gasteiger partial charge is 0.257 e. The van der Waals surface area contributed by atoms with Gasteiger partial charge in [-0.25, -0.2) is 0 Å². The molecule has 0 aliphatic heterocycles. The Balaban J connectivity index is 1.85. The van der Waals surface area contributed by atoms with Gasteiger partial charge in [0.15, 0.2) is 0 Å². The maximum Gasteiger partial charge on any atom is 0.257 e. The number of carbonyl (C=O) groups excluding carboxylic acids is 1. The summed E-state index contributed by atoms with van der Waals surface area (Å²) in [5, 5.41) is 0. The van der Waals surface area contributed by atoms with Crippen molar-refractivity contribution in [3.8, 4) is 11.5 Å². The molecule has 0 unspecified atom stereocenters. The number of pyridine rings is 1. The second kappa shape index (κ2) is 9.55. The third kappa shape index (κ3) is 4.88. The van der Waals surface area contributed by atoms with Gasteiger partial charge in [0.1, 0.15) is 11.5 Å². The molecule has 1 aromatic heterocycles. The topological polar surface area (TPSA) is 51.7 Å². The number of rotatable bonds is 8. The minimum absolute atomic E-state index is 0.0962. The van der Waals surface area contributed by atoms with Gasteiger partial charge < -0.3 is 14.4 Å². The van der Waals surface area contributed by atoms with Crippen molar-refractivity contribution in [2.45, 2.75) is 13.0 Å². The van der Waals surface area contributed by atoms with Crippen molar-refractivity contribution >= 4 is 5.91 Å². The monoisotopic (exact) mass is 376 g/mol. The molecule has 3 rings (SSSR count). The van der Waals surface area contributed by atoms with E-state index in [1.165, 1.54) is 5.56 Å². The highest BCUT2D eigenvalue weighted by atomic mass is 16.5. The molecule has 5 nitrogen and oxygen atoms in total. The number of hydrogen-bond acceptors (Lipinski definition) is 4. The van der Waals surface area contributed by atoms with Gasteiger partial charge in [0.2, 0.25) is 0 Å². The Hall–Kier alpha value is -3.34. The molecule has 0 aliphatic rings. The van der Waals surface area contributed by atoms with Gasteiger partial charge >= 0.3 is 0 Å². The zero-order chi connectivity index (χ0) is 19.8. The Morgan fingerprint density at radius 3 is 2.43 bits per heavy atom. The number of methoxy groups -OCH3 is 2. The van der Waals surface area contributed by atoms with Gasteiger partial charge in [0, 0.05) is 18.8 Å². The van der Waals surface area contributed by atoms with Gasteiger partial charge in [-0.2, -0.15) is 0 Å². The van der Waals surface area contributed by atoms with E-state index in [-0.39, 0.29) is 5.91 Å². The van der Waals surface area contributed by atoms with Crippen LogP contribution < -0.4 is 9.47 Å². The highest BCUT2D eigenvalue weighted by Gasteiger charge is 2.21. The summed E-state index contributed by atoms with van der Waals surface area (Å²) in [6, 6.07) is 21.1. The van der Waals surface area contributed by atoms with Crippen molar-refractivity contribution in [1.29, 1.82) is 0 Å². The SMILES string of the molecule is COc1ccc(C(=O)N(CCc2ccccc2)Cc2ccccn2)c(OC)c1. The van der Waals surface area contributed by atoms with E-state index >= 15 is 0 Å².